The van der Waals surface area contributed by atoms with Crippen LogP contribution in [0.2, 0.25) is 0 Å². The van der Waals surface area contributed by atoms with Crippen LogP contribution in [-0.4, -0.2) is 20.6 Å². The highest BCUT2D eigenvalue weighted by atomic mass is 32.1. The molecular formula is C15H16N4S. The molecule has 0 saturated heterocycles. The van der Waals surface area contributed by atoms with Crippen LogP contribution in [0, 0.1) is 0 Å². The molecular weight excluding hydrogens is 268 g/mol. The summed E-state index contributed by atoms with van der Waals surface area (Å²) in [6, 6.07) is 9.00. The fraction of sp³-hybridized carbons (Fsp3) is 0.333. The smallest absolute Gasteiger partial charge is 0.114 e. The van der Waals surface area contributed by atoms with Gasteiger partial charge in [-0.1, -0.05) is 12.1 Å². The Labute approximate surface area is 121 Å². The molecule has 0 bridgehead atoms. The average Bonchev–Trinajstić information content (AvgIpc) is 3.04. The molecule has 4 nitrogen and oxygen atoms in total. The first kappa shape index (κ1) is 12.1. The summed E-state index contributed by atoms with van der Waals surface area (Å²) in [4.78, 5) is 9.10. The molecule has 1 fully saturated rings. The largest absolute Gasteiger partial charge is 0.330 e. The number of rotatable bonds is 5. The van der Waals surface area contributed by atoms with Gasteiger partial charge in [0.25, 0.3) is 0 Å². The summed E-state index contributed by atoms with van der Waals surface area (Å²) in [6.07, 6.45) is 6.64. The van der Waals surface area contributed by atoms with E-state index in [1.54, 1.807) is 11.3 Å². The van der Waals surface area contributed by atoms with Crippen molar-refractivity contribution in [2.24, 2.45) is 0 Å². The Kier molecular flexibility index (Phi) is 3.01. The fourth-order valence-electron chi connectivity index (χ4n) is 2.26. The van der Waals surface area contributed by atoms with Gasteiger partial charge in [-0.2, -0.15) is 0 Å². The van der Waals surface area contributed by atoms with Crippen molar-refractivity contribution in [1.82, 2.24) is 19.9 Å². The average molecular weight is 284 g/mol. The van der Waals surface area contributed by atoms with Gasteiger partial charge in [-0.05, 0) is 25.0 Å². The number of benzene rings is 1. The molecule has 1 aromatic carbocycles. The lowest BCUT2D eigenvalue weighted by atomic mass is 10.3. The number of thiazole rings is 1. The molecule has 1 aliphatic carbocycles. The Balaban J connectivity index is 1.47. The molecule has 2 heterocycles. The van der Waals surface area contributed by atoms with Gasteiger partial charge in [-0.15, -0.1) is 11.3 Å². The monoisotopic (exact) mass is 284 g/mol. The topological polar surface area (TPSA) is 42.7 Å². The summed E-state index contributed by atoms with van der Waals surface area (Å²) in [7, 11) is 0. The van der Waals surface area contributed by atoms with Gasteiger partial charge in [0, 0.05) is 18.8 Å². The lowest BCUT2D eigenvalue weighted by Crippen LogP contribution is -2.15. The molecule has 1 N–H and O–H groups in total. The van der Waals surface area contributed by atoms with Crippen LogP contribution >= 0.6 is 11.3 Å². The molecule has 0 spiro atoms. The minimum Gasteiger partial charge on any atom is -0.330 e. The van der Waals surface area contributed by atoms with Crippen LogP contribution in [0.1, 0.15) is 23.5 Å². The molecule has 0 amide bonds. The molecule has 1 aliphatic rings. The second-order valence-electron chi connectivity index (χ2n) is 5.27. The van der Waals surface area contributed by atoms with Crippen LogP contribution in [0.25, 0.3) is 10.2 Å². The highest BCUT2D eigenvalue weighted by Crippen LogP contribution is 2.22. The number of hydrogen-bond acceptors (Lipinski definition) is 4. The van der Waals surface area contributed by atoms with E-state index < -0.39 is 0 Å². The standard InChI is InChI=1S/C15H16N4S/c1-2-4-14-13(3-1)18-15(20-14)9-19-8-12(17-10-19)7-16-11-5-6-11/h1-4,8,10-11,16H,5-7,9H2. The van der Waals surface area contributed by atoms with Crippen molar-refractivity contribution in [2.45, 2.75) is 32.0 Å². The molecule has 0 unspecified atom stereocenters. The van der Waals surface area contributed by atoms with E-state index in [9.17, 15) is 0 Å². The Hall–Kier alpha value is -1.72. The lowest BCUT2D eigenvalue weighted by Gasteiger charge is -1.98. The normalized spacial score (nSPS) is 15.0. The molecule has 1 saturated carbocycles. The van der Waals surface area contributed by atoms with Crippen LogP contribution in [0.15, 0.2) is 36.8 Å². The van der Waals surface area contributed by atoms with Crippen LogP contribution in [0.4, 0.5) is 0 Å². The number of fused-ring (bicyclic) bond motifs is 1. The van der Waals surface area contributed by atoms with E-state index in [0.29, 0.717) is 0 Å². The predicted molar refractivity (Wildman–Crippen MR) is 80.8 cm³/mol. The first-order valence-electron chi connectivity index (χ1n) is 6.95. The van der Waals surface area contributed by atoms with Crippen molar-refractivity contribution in [1.29, 1.82) is 0 Å². The van der Waals surface area contributed by atoms with E-state index in [-0.39, 0.29) is 0 Å². The van der Waals surface area contributed by atoms with Crippen molar-refractivity contribution in [3.8, 4) is 0 Å². The third kappa shape index (κ3) is 2.59. The summed E-state index contributed by atoms with van der Waals surface area (Å²) in [6.45, 7) is 1.67. The Morgan fingerprint density at radius 2 is 2.20 bits per heavy atom. The second kappa shape index (κ2) is 5.00. The van der Waals surface area contributed by atoms with Crippen molar-refractivity contribution in [3.05, 3.63) is 47.5 Å². The fourth-order valence-corrected chi connectivity index (χ4v) is 3.24. The zero-order valence-corrected chi connectivity index (χ0v) is 11.9. The van der Waals surface area contributed by atoms with E-state index in [4.69, 9.17) is 0 Å². The van der Waals surface area contributed by atoms with Gasteiger partial charge in [0.15, 0.2) is 0 Å². The third-order valence-corrected chi connectivity index (χ3v) is 4.51. The number of imidazole rings is 1. The number of nitrogens with zero attached hydrogens (tertiary/aromatic N) is 3. The quantitative estimate of drug-likeness (QED) is 0.783. The molecule has 102 valence electrons. The van der Waals surface area contributed by atoms with Gasteiger partial charge in [0.05, 0.1) is 28.8 Å². The second-order valence-corrected chi connectivity index (χ2v) is 6.38. The van der Waals surface area contributed by atoms with Crippen molar-refractivity contribution in [2.75, 3.05) is 0 Å². The van der Waals surface area contributed by atoms with Gasteiger partial charge in [0.1, 0.15) is 5.01 Å². The van der Waals surface area contributed by atoms with E-state index in [1.807, 2.05) is 12.4 Å². The van der Waals surface area contributed by atoms with Gasteiger partial charge in [-0.25, -0.2) is 9.97 Å². The first-order chi connectivity index (χ1) is 9.87. The van der Waals surface area contributed by atoms with E-state index in [1.165, 1.54) is 17.5 Å². The van der Waals surface area contributed by atoms with Gasteiger partial charge >= 0.3 is 0 Å². The Bertz CT molecular complexity index is 693. The van der Waals surface area contributed by atoms with E-state index in [2.05, 4.69) is 44.2 Å². The summed E-state index contributed by atoms with van der Waals surface area (Å²) in [5.41, 5.74) is 2.20. The Morgan fingerprint density at radius 3 is 3.05 bits per heavy atom. The van der Waals surface area contributed by atoms with Gasteiger partial charge in [0.2, 0.25) is 0 Å². The summed E-state index contributed by atoms with van der Waals surface area (Å²) in [5, 5.41) is 4.61. The van der Waals surface area contributed by atoms with E-state index >= 15 is 0 Å². The molecule has 0 radical (unpaired) electrons. The maximum absolute atomic E-state index is 4.66. The molecule has 0 aliphatic heterocycles. The zero-order valence-electron chi connectivity index (χ0n) is 11.1. The highest BCUT2D eigenvalue weighted by Gasteiger charge is 2.20. The maximum atomic E-state index is 4.66. The zero-order chi connectivity index (χ0) is 13.4. The summed E-state index contributed by atoms with van der Waals surface area (Å²) in [5.74, 6) is 0. The molecule has 20 heavy (non-hydrogen) atoms. The highest BCUT2D eigenvalue weighted by molar-refractivity contribution is 7.18. The van der Waals surface area contributed by atoms with Crippen LogP contribution in [0.5, 0.6) is 0 Å². The first-order valence-corrected chi connectivity index (χ1v) is 7.77. The third-order valence-electron chi connectivity index (χ3n) is 3.49. The van der Waals surface area contributed by atoms with Crippen molar-refractivity contribution in [3.63, 3.8) is 0 Å². The number of nitrogens with one attached hydrogen (secondary N) is 1. The Morgan fingerprint density at radius 1 is 1.30 bits per heavy atom. The minimum absolute atomic E-state index is 0.726. The number of para-hydroxylation sites is 1. The van der Waals surface area contributed by atoms with Crippen molar-refractivity contribution >= 4 is 21.6 Å². The SMILES string of the molecule is c1ccc2sc(Cn3cnc(CNC4CC4)c3)nc2c1. The molecule has 3 aromatic rings. The van der Waals surface area contributed by atoms with Crippen LogP contribution in [-0.2, 0) is 13.1 Å². The molecule has 5 heteroatoms. The van der Waals surface area contributed by atoms with Crippen molar-refractivity contribution < 1.29 is 0 Å². The molecule has 0 atom stereocenters. The van der Waals surface area contributed by atoms with Crippen LogP contribution in [0.3, 0.4) is 0 Å². The lowest BCUT2D eigenvalue weighted by molar-refractivity contribution is 0.676. The summed E-state index contributed by atoms with van der Waals surface area (Å²) < 4.78 is 3.36. The predicted octanol–water partition coefficient (Wildman–Crippen LogP) is 2.79. The summed E-state index contributed by atoms with van der Waals surface area (Å²) >= 11 is 1.75. The van der Waals surface area contributed by atoms with E-state index in [0.717, 1.165) is 35.3 Å². The minimum atomic E-state index is 0.726. The van der Waals surface area contributed by atoms with Crippen LogP contribution < -0.4 is 5.32 Å². The van der Waals surface area contributed by atoms with Gasteiger partial charge < -0.3 is 9.88 Å². The molecule has 4 rings (SSSR count). The number of hydrogen-bond donors (Lipinski definition) is 1. The number of aromatic nitrogens is 3. The van der Waals surface area contributed by atoms with Gasteiger partial charge in [-0.3, -0.25) is 0 Å². The maximum Gasteiger partial charge on any atom is 0.114 e. The molecule has 2 aromatic heterocycles.